The summed E-state index contributed by atoms with van der Waals surface area (Å²) in [6.45, 7) is 3.12. The summed E-state index contributed by atoms with van der Waals surface area (Å²) in [7, 11) is 1.88. The largest absolute Gasteiger partial charge is 0.397 e. The highest BCUT2D eigenvalue weighted by atomic mass is 19.1. The normalized spacial score (nSPS) is 12.3. The Morgan fingerprint density at radius 2 is 2.00 bits per heavy atom. The Balaban J connectivity index is 2.85. The van der Waals surface area contributed by atoms with Gasteiger partial charge in [-0.25, -0.2) is 4.39 Å². The van der Waals surface area contributed by atoms with Crippen molar-refractivity contribution in [3.05, 3.63) is 30.0 Å². The SMILES string of the molecule is Cn1cc(C(C)(C)F)c2cccc(N)c21. The van der Waals surface area contributed by atoms with E-state index in [-0.39, 0.29) is 0 Å². The summed E-state index contributed by atoms with van der Waals surface area (Å²) in [5, 5.41) is 0.894. The number of alkyl halides is 1. The van der Waals surface area contributed by atoms with Gasteiger partial charge in [0.15, 0.2) is 0 Å². The smallest absolute Gasteiger partial charge is 0.132 e. The topological polar surface area (TPSA) is 30.9 Å². The van der Waals surface area contributed by atoms with Gasteiger partial charge in [0.2, 0.25) is 0 Å². The Morgan fingerprint density at radius 3 is 2.60 bits per heavy atom. The number of rotatable bonds is 1. The van der Waals surface area contributed by atoms with Crippen LogP contribution in [0.2, 0.25) is 0 Å². The van der Waals surface area contributed by atoms with Crippen LogP contribution < -0.4 is 5.73 Å². The van der Waals surface area contributed by atoms with E-state index >= 15 is 0 Å². The molecule has 1 aromatic heterocycles. The standard InChI is InChI=1S/C12H15FN2/c1-12(2,13)9-7-15(3)11-8(9)5-4-6-10(11)14/h4-7H,14H2,1-3H3. The van der Waals surface area contributed by atoms with Crippen molar-refractivity contribution in [3.8, 4) is 0 Å². The minimum absolute atomic E-state index is 0.686. The van der Waals surface area contributed by atoms with Gasteiger partial charge < -0.3 is 10.3 Å². The molecular weight excluding hydrogens is 191 g/mol. The minimum atomic E-state index is -1.34. The predicted octanol–water partition coefficient (Wildman–Crippen LogP) is 2.97. The van der Waals surface area contributed by atoms with Crippen LogP contribution in [0.1, 0.15) is 19.4 Å². The summed E-state index contributed by atoms with van der Waals surface area (Å²) in [6, 6.07) is 5.59. The number of halogens is 1. The second-order valence-corrected chi connectivity index (χ2v) is 4.37. The van der Waals surface area contributed by atoms with E-state index in [0.717, 1.165) is 10.9 Å². The first kappa shape index (κ1) is 10.0. The van der Waals surface area contributed by atoms with Gasteiger partial charge in [-0.05, 0) is 19.9 Å². The Bertz CT molecular complexity index is 506. The zero-order valence-corrected chi connectivity index (χ0v) is 9.21. The number of benzene rings is 1. The summed E-state index contributed by atoms with van der Waals surface area (Å²) in [5.41, 5.74) is 6.80. The molecule has 0 unspecified atom stereocenters. The molecule has 1 aromatic carbocycles. The molecule has 0 saturated heterocycles. The van der Waals surface area contributed by atoms with Crippen molar-refractivity contribution in [1.29, 1.82) is 0 Å². The number of hydrogen-bond donors (Lipinski definition) is 1. The molecule has 0 aliphatic carbocycles. The van der Waals surface area contributed by atoms with Crippen LogP contribution in [-0.2, 0) is 12.7 Å². The maximum Gasteiger partial charge on any atom is 0.132 e. The summed E-state index contributed by atoms with van der Waals surface area (Å²) >= 11 is 0. The molecule has 15 heavy (non-hydrogen) atoms. The van der Waals surface area contributed by atoms with E-state index in [0.29, 0.717) is 11.3 Å². The summed E-state index contributed by atoms with van der Waals surface area (Å²) in [4.78, 5) is 0. The molecular formula is C12H15FN2. The van der Waals surface area contributed by atoms with Crippen LogP contribution in [0.15, 0.2) is 24.4 Å². The third kappa shape index (κ3) is 1.48. The molecule has 0 aliphatic rings. The van der Waals surface area contributed by atoms with Crippen LogP contribution in [0.4, 0.5) is 10.1 Å². The molecule has 0 amide bonds. The molecule has 1 heterocycles. The van der Waals surface area contributed by atoms with Crippen molar-refractivity contribution in [3.63, 3.8) is 0 Å². The van der Waals surface area contributed by atoms with E-state index < -0.39 is 5.67 Å². The highest BCUT2D eigenvalue weighted by Crippen LogP contribution is 2.34. The van der Waals surface area contributed by atoms with Crippen molar-refractivity contribution in [2.24, 2.45) is 7.05 Å². The van der Waals surface area contributed by atoms with Crippen LogP contribution >= 0.6 is 0 Å². The molecule has 80 valence electrons. The van der Waals surface area contributed by atoms with Gasteiger partial charge in [-0.15, -0.1) is 0 Å². The Morgan fingerprint density at radius 1 is 1.33 bits per heavy atom. The van der Waals surface area contributed by atoms with Gasteiger partial charge in [-0.1, -0.05) is 12.1 Å². The first-order chi connectivity index (χ1) is 6.91. The van der Waals surface area contributed by atoms with Crippen LogP contribution in [0.5, 0.6) is 0 Å². The lowest BCUT2D eigenvalue weighted by Gasteiger charge is -2.12. The van der Waals surface area contributed by atoms with Gasteiger partial charge in [0.1, 0.15) is 5.67 Å². The number of nitrogens with zero attached hydrogens (tertiary/aromatic N) is 1. The van der Waals surface area contributed by atoms with E-state index in [9.17, 15) is 4.39 Å². The van der Waals surface area contributed by atoms with E-state index in [1.54, 1.807) is 20.0 Å². The molecule has 0 spiro atoms. The highest BCUT2D eigenvalue weighted by Gasteiger charge is 2.24. The van der Waals surface area contributed by atoms with Crippen molar-refractivity contribution < 1.29 is 4.39 Å². The lowest BCUT2D eigenvalue weighted by atomic mass is 9.99. The van der Waals surface area contributed by atoms with Crippen LogP contribution in [0.3, 0.4) is 0 Å². The van der Waals surface area contributed by atoms with Gasteiger partial charge >= 0.3 is 0 Å². The van der Waals surface area contributed by atoms with Crippen molar-refractivity contribution in [1.82, 2.24) is 4.57 Å². The fourth-order valence-corrected chi connectivity index (χ4v) is 1.97. The first-order valence-corrected chi connectivity index (χ1v) is 4.94. The first-order valence-electron chi connectivity index (χ1n) is 4.94. The minimum Gasteiger partial charge on any atom is -0.397 e. The number of fused-ring (bicyclic) bond motifs is 1. The highest BCUT2D eigenvalue weighted by molar-refractivity contribution is 5.93. The van der Waals surface area contributed by atoms with Gasteiger partial charge in [0, 0.05) is 24.2 Å². The summed E-state index contributed by atoms with van der Waals surface area (Å²) in [6.07, 6.45) is 1.81. The Kier molecular flexibility index (Phi) is 2.00. The predicted molar refractivity (Wildman–Crippen MR) is 61.5 cm³/mol. The zero-order valence-electron chi connectivity index (χ0n) is 9.21. The van der Waals surface area contributed by atoms with Crippen LogP contribution in [-0.4, -0.2) is 4.57 Å². The van der Waals surface area contributed by atoms with Gasteiger partial charge in [-0.2, -0.15) is 0 Å². The molecule has 0 atom stereocenters. The molecule has 0 saturated carbocycles. The number of anilines is 1. The number of nitrogens with two attached hydrogens (primary N) is 1. The molecule has 2 aromatic rings. The van der Waals surface area contributed by atoms with E-state index in [4.69, 9.17) is 5.73 Å². The number of hydrogen-bond acceptors (Lipinski definition) is 1. The summed E-state index contributed by atoms with van der Waals surface area (Å²) in [5.74, 6) is 0. The molecule has 0 bridgehead atoms. The van der Waals surface area contributed by atoms with Gasteiger partial charge in [0.05, 0.1) is 11.2 Å². The van der Waals surface area contributed by atoms with E-state index in [1.165, 1.54) is 0 Å². The number of aryl methyl sites for hydroxylation is 1. The molecule has 2 rings (SSSR count). The van der Waals surface area contributed by atoms with Crippen molar-refractivity contribution in [2.75, 3.05) is 5.73 Å². The lowest BCUT2D eigenvalue weighted by Crippen LogP contribution is -2.07. The second kappa shape index (κ2) is 2.99. The fourth-order valence-electron chi connectivity index (χ4n) is 1.97. The number of para-hydroxylation sites is 1. The number of aromatic nitrogens is 1. The third-order valence-electron chi connectivity index (χ3n) is 2.67. The average molecular weight is 206 g/mol. The fraction of sp³-hybridized carbons (Fsp3) is 0.333. The molecule has 2 N–H and O–H groups in total. The molecule has 2 nitrogen and oxygen atoms in total. The second-order valence-electron chi connectivity index (χ2n) is 4.37. The molecule has 0 radical (unpaired) electrons. The molecule has 0 fully saturated rings. The van der Waals surface area contributed by atoms with E-state index in [1.807, 2.05) is 29.8 Å². The third-order valence-corrected chi connectivity index (χ3v) is 2.67. The Labute approximate surface area is 88.5 Å². The quantitative estimate of drug-likeness (QED) is 0.714. The zero-order chi connectivity index (χ0) is 11.2. The van der Waals surface area contributed by atoms with Gasteiger partial charge in [0.25, 0.3) is 0 Å². The van der Waals surface area contributed by atoms with Crippen LogP contribution in [0, 0.1) is 0 Å². The van der Waals surface area contributed by atoms with Gasteiger partial charge in [-0.3, -0.25) is 0 Å². The van der Waals surface area contributed by atoms with Crippen molar-refractivity contribution >= 4 is 16.6 Å². The van der Waals surface area contributed by atoms with Crippen molar-refractivity contribution in [2.45, 2.75) is 19.5 Å². The monoisotopic (exact) mass is 206 g/mol. The Hall–Kier alpha value is -1.51. The summed E-state index contributed by atoms with van der Waals surface area (Å²) < 4.78 is 15.8. The lowest BCUT2D eigenvalue weighted by molar-refractivity contribution is 0.223. The molecule has 3 heteroatoms. The average Bonchev–Trinajstić information content (AvgIpc) is 2.44. The van der Waals surface area contributed by atoms with Crippen LogP contribution in [0.25, 0.3) is 10.9 Å². The maximum atomic E-state index is 13.9. The molecule has 0 aliphatic heterocycles. The number of nitrogen functional groups attached to an aromatic ring is 1. The maximum absolute atomic E-state index is 13.9. The van der Waals surface area contributed by atoms with E-state index in [2.05, 4.69) is 0 Å².